The molecule has 0 radical (unpaired) electrons. The molecule has 0 spiro atoms. The molecule has 1 aliphatic rings. The average molecular weight is 261 g/mol. The van der Waals surface area contributed by atoms with Crippen molar-refractivity contribution >= 4 is 11.8 Å². The fourth-order valence-corrected chi connectivity index (χ4v) is 2.19. The maximum absolute atomic E-state index is 12.0. The molecule has 1 aromatic carbocycles. The van der Waals surface area contributed by atoms with Crippen molar-refractivity contribution in [3.05, 3.63) is 35.4 Å². The molecule has 1 atom stereocenters. The number of hydrogen-bond donors (Lipinski definition) is 3. The third-order valence-corrected chi connectivity index (χ3v) is 3.33. The van der Waals surface area contributed by atoms with Crippen LogP contribution in [-0.4, -0.2) is 31.4 Å². The molecule has 0 aliphatic carbocycles. The van der Waals surface area contributed by atoms with E-state index in [0.29, 0.717) is 25.9 Å². The Morgan fingerprint density at radius 1 is 1.32 bits per heavy atom. The summed E-state index contributed by atoms with van der Waals surface area (Å²) in [4.78, 5) is 23.0. The van der Waals surface area contributed by atoms with Crippen LogP contribution in [0.5, 0.6) is 0 Å². The molecule has 19 heavy (non-hydrogen) atoms. The summed E-state index contributed by atoms with van der Waals surface area (Å²) in [7, 11) is 1.59. The van der Waals surface area contributed by atoms with E-state index in [4.69, 9.17) is 0 Å². The van der Waals surface area contributed by atoms with Gasteiger partial charge in [-0.15, -0.1) is 0 Å². The van der Waals surface area contributed by atoms with Crippen LogP contribution in [0, 0.1) is 0 Å². The first-order valence-electron chi connectivity index (χ1n) is 6.49. The second-order valence-electron chi connectivity index (χ2n) is 4.62. The highest BCUT2D eigenvalue weighted by molar-refractivity contribution is 5.83. The van der Waals surface area contributed by atoms with Gasteiger partial charge in [-0.3, -0.25) is 9.59 Å². The third kappa shape index (κ3) is 3.54. The van der Waals surface area contributed by atoms with Crippen molar-refractivity contribution in [2.45, 2.75) is 25.4 Å². The summed E-state index contributed by atoms with van der Waals surface area (Å²) in [6.07, 6.45) is 1.01. The molecule has 2 amide bonds. The van der Waals surface area contributed by atoms with Gasteiger partial charge in [0.25, 0.3) is 0 Å². The molecule has 3 N–H and O–H groups in total. The van der Waals surface area contributed by atoms with Crippen molar-refractivity contribution in [1.82, 2.24) is 16.0 Å². The molecule has 0 saturated heterocycles. The van der Waals surface area contributed by atoms with Gasteiger partial charge in [-0.1, -0.05) is 24.3 Å². The van der Waals surface area contributed by atoms with Crippen LogP contribution in [-0.2, 0) is 22.6 Å². The van der Waals surface area contributed by atoms with Crippen molar-refractivity contribution in [3.8, 4) is 0 Å². The van der Waals surface area contributed by atoms with E-state index in [1.165, 1.54) is 11.1 Å². The number of benzene rings is 1. The molecular weight excluding hydrogens is 242 g/mol. The number of fused-ring (bicyclic) bond motifs is 1. The van der Waals surface area contributed by atoms with Gasteiger partial charge >= 0.3 is 0 Å². The van der Waals surface area contributed by atoms with Crippen LogP contribution in [0.1, 0.15) is 17.5 Å². The first-order valence-corrected chi connectivity index (χ1v) is 6.49. The van der Waals surface area contributed by atoms with Gasteiger partial charge in [0, 0.05) is 26.6 Å². The van der Waals surface area contributed by atoms with E-state index in [1.807, 2.05) is 12.1 Å². The largest absolute Gasteiger partial charge is 0.359 e. The molecule has 0 fully saturated rings. The fraction of sp³-hybridized carbons (Fsp3) is 0.429. The second kappa shape index (κ2) is 6.33. The minimum absolute atomic E-state index is 0.0431. The Morgan fingerprint density at radius 2 is 2.05 bits per heavy atom. The van der Waals surface area contributed by atoms with E-state index in [-0.39, 0.29) is 17.9 Å². The van der Waals surface area contributed by atoms with Crippen LogP contribution >= 0.6 is 0 Å². The molecule has 102 valence electrons. The van der Waals surface area contributed by atoms with Crippen molar-refractivity contribution in [3.63, 3.8) is 0 Å². The highest BCUT2D eigenvalue weighted by Gasteiger charge is 2.23. The van der Waals surface area contributed by atoms with Gasteiger partial charge in [0.05, 0.1) is 6.04 Å². The summed E-state index contributed by atoms with van der Waals surface area (Å²) in [5, 5.41) is 8.53. The zero-order valence-electron chi connectivity index (χ0n) is 11.0. The SMILES string of the molecule is CNC(=O)CCNC(=O)C1Cc2ccccc2CN1. The van der Waals surface area contributed by atoms with Crippen molar-refractivity contribution < 1.29 is 9.59 Å². The van der Waals surface area contributed by atoms with Gasteiger partial charge in [-0.2, -0.15) is 0 Å². The highest BCUT2D eigenvalue weighted by atomic mass is 16.2. The number of rotatable bonds is 4. The van der Waals surface area contributed by atoms with E-state index >= 15 is 0 Å². The minimum Gasteiger partial charge on any atom is -0.359 e. The molecule has 1 heterocycles. The lowest BCUT2D eigenvalue weighted by atomic mass is 9.95. The lowest BCUT2D eigenvalue weighted by Crippen LogP contribution is -2.48. The summed E-state index contributed by atoms with van der Waals surface area (Å²) in [5.41, 5.74) is 2.46. The Morgan fingerprint density at radius 3 is 2.79 bits per heavy atom. The van der Waals surface area contributed by atoms with E-state index in [1.54, 1.807) is 7.05 Å². The van der Waals surface area contributed by atoms with Gasteiger partial charge in [-0.05, 0) is 17.5 Å². The van der Waals surface area contributed by atoms with E-state index in [2.05, 4.69) is 28.1 Å². The summed E-state index contributed by atoms with van der Waals surface area (Å²) < 4.78 is 0. The summed E-state index contributed by atoms with van der Waals surface area (Å²) >= 11 is 0. The second-order valence-corrected chi connectivity index (χ2v) is 4.62. The first kappa shape index (κ1) is 13.5. The third-order valence-electron chi connectivity index (χ3n) is 3.33. The van der Waals surface area contributed by atoms with Gasteiger partial charge in [0.1, 0.15) is 0 Å². The number of hydrogen-bond acceptors (Lipinski definition) is 3. The first-order chi connectivity index (χ1) is 9.20. The van der Waals surface area contributed by atoms with Crippen molar-refractivity contribution in [2.24, 2.45) is 0 Å². The highest BCUT2D eigenvalue weighted by Crippen LogP contribution is 2.16. The monoisotopic (exact) mass is 261 g/mol. The number of nitrogens with one attached hydrogen (secondary N) is 3. The Labute approximate surface area is 112 Å². The zero-order chi connectivity index (χ0) is 13.7. The van der Waals surface area contributed by atoms with Crippen LogP contribution in [0.25, 0.3) is 0 Å². The molecule has 2 rings (SSSR count). The molecule has 5 nitrogen and oxygen atoms in total. The predicted octanol–water partition coefficient (Wildman–Crippen LogP) is -0.0468. The quantitative estimate of drug-likeness (QED) is 0.712. The molecule has 1 aliphatic heterocycles. The van der Waals surface area contributed by atoms with Crippen LogP contribution < -0.4 is 16.0 Å². The standard InChI is InChI=1S/C14H19N3O2/c1-15-13(18)6-7-16-14(19)12-8-10-4-2-3-5-11(10)9-17-12/h2-5,12,17H,6-9H2,1H3,(H,15,18)(H,16,19). The van der Waals surface area contributed by atoms with Crippen LogP contribution in [0.2, 0.25) is 0 Å². The zero-order valence-corrected chi connectivity index (χ0v) is 11.0. The fourth-order valence-electron chi connectivity index (χ4n) is 2.19. The van der Waals surface area contributed by atoms with Crippen LogP contribution in [0.15, 0.2) is 24.3 Å². The summed E-state index contributed by atoms with van der Waals surface area (Å²) in [5.74, 6) is -0.111. The maximum Gasteiger partial charge on any atom is 0.237 e. The number of carbonyl (C=O) groups excluding carboxylic acids is 2. The van der Waals surface area contributed by atoms with Gasteiger partial charge in [0.15, 0.2) is 0 Å². The average Bonchev–Trinajstić information content (AvgIpc) is 2.46. The van der Waals surface area contributed by atoms with Gasteiger partial charge < -0.3 is 16.0 Å². The minimum atomic E-state index is -0.209. The molecule has 5 heteroatoms. The van der Waals surface area contributed by atoms with Crippen molar-refractivity contribution in [2.75, 3.05) is 13.6 Å². The molecular formula is C14H19N3O2. The predicted molar refractivity (Wildman–Crippen MR) is 72.5 cm³/mol. The molecule has 0 bridgehead atoms. The molecule has 1 unspecified atom stereocenters. The molecule has 0 saturated carbocycles. The number of amides is 2. The van der Waals surface area contributed by atoms with E-state index in [0.717, 1.165) is 0 Å². The lowest BCUT2D eigenvalue weighted by Gasteiger charge is -2.25. The van der Waals surface area contributed by atoms with Crippen molar-refractivity contribution in [1.29, 1.82) is 0 Å². The number of carbonyl (C=O) groups is 2. The van der Waals surface area contributed by atoms with Gasteiger partial charge in [0.2, 0.25) is 11.8 Å². The Hall–Kier alpha value is -1.88. The Bertz CT molecular complexity index is 474. The lowest BCUT2D eigenvalue weighted by molar-refractivity contribution is -0.123. The van der Waals surface area contributed by atoms with Gasteiger partial charge in [-0.25, -0.2) is 0 Å². The topological polar surface area (TPSA) is 70.2 Å². The molecule has 0 aromatic heterocycles. The summed E-state index contributed by atoms with van der Waals surface area (Å²) in [6, 6.07) is 7.91. The van der Waals surface area contributed by atoms with E-state index < -0.39 is 0 Å². The van der Waals surface area contributed by atoms with Crippen LogP contribution in [0.3, 0.4) is 0 Å². The summed E-state index contributed by atoms with van der Waals surface area (Å²) in [6.45, 7) is 1.09. The Kier molecular flexibility index (Phi) is 4.52. The Balaban J connectivity index is 1.83. The van der Waals surface area contributed by atoms with E-state index in [9.17, 15) is 9.59 Å². The van der Waals surface area contributed by atoms with Crippen LogP contribution in [0.4, 0.5) is 0 Å². The normalized spacial score (nSPS) is 17.4. The maximum atomic E-state index is 12.0. The molecule has 1 aromatic rings. The smallest absolute Gasteiger partial charge is 0.237 e.